The van der Waals surface area contributed by atoms with Gasteiger partial charge in [0.25, 0.3) is 0 Å². The number of aromatic nitrogens is 1. The largest absolute Gasteiger partial charge is 0.389 e. The first-order valence-electron chi connectivity index (χ1n) is 5.85. The molecule has 0 aliphatic heterocycles. The maximum atomic E-state index is 11.9. The first-order valence-corrected chi connectivity index (χ1v) is 7.05. The third-order valence-corrected chi connectivity index (χ3v) is 3.50. The number of thiocarbonyl (C=S) groups is 1. The van der Waals surface area contributed by atoms with Crippen molar-refractivity contribution < 1.29 is 4.79 Å². The summed E-state index contributed by atoms with van der Waals surface area (Å²) in [6, 6.07) is 10.9. The van der Waals surface area contributed by atoms with E-state index >= 15 is 0 Å². The number of rotatable bonds is 4. The highest BCUT2D eigenvalue weighted by molar-refractivity contribution is 9.10. The lowest BCUT2D eigenvalue weighted by Crippen LogP contribution is -2.16. The van der Waals surface area contributed by atoms with Gasteiger partial charge in [-0.25, -0.2) is 4.98 Å². The minimum absolute atomic E-state index is 0.132. The first-order chi connectivity index (χ1) is 9.56. The van der Waals surface area contributed by atoms with Crippen molar-refractivity contribution in [1.29, 1.82) is 0 Å². The number of pyridine rings is 1. The van der Waals surface area contributed by atoms with Crippen LogP contribution >= 0.6 is 28.1 Å². The topological polar surface area (TPSA) is 68.0 Å². The molecule has 0 aliphatic carbocycles. The number of carbonyl (C=O) groups excluding carboxylic acids is 1. The predicted molar refractivity (Wildman–Crippen MR) is 86.6 cm³/mol. The van der Waals surface area contributed by atoms with Crippen LogP contribution in [0.5, 0.6) is 0 Å². The molecule has 0 saturated heterocycles. The molecule has 0 aliphatic rings. The van der Waals surface area contributed by atoms with Crippen LogP contribution in [0, 0.1) is 0 Å². The predicted octanol–water partition coefficient (Wildman–Crippen LogP) is 2.66. The summed E-state index contributed by atoms with van der Waals surface area (Å²) in [5.41, 5.74) is 7.19. The number of benzene rings is 1. The molecule has 0 unspecified atom stereocenters. The third-order valence-electron chi connectivity index (χ3n) is 2.62. The molecular formula is C14H12BrN3OS. The number of nitrogens with one attached hydrogen (secondary N) is 1. The summed E-state index contributed by atoms with van der Waals surface area (Å²) in [5.74, 6) is 0.379. The van der Waals surface area contributed by atoms with Crippen molar-refractivity contribution in [3.8, 4) is 0 Å². The van der Waals surface area contributed by atoms with Gasteiger partial charge in [0.05, 0.1) is 10.9 Å². The van der Waals surface area contributed by atoms with E-state index in [1.54, 1.807) is 12.3 Å². The second-order valence-electron chi connectivity index (χ2n) is 4.12. The molecule has 0 saturated carbocycles. The van der Waals surface area contributed by atoms with E-state index < -0.39 is 0 Å². The molecule has 1 aromatic carbocycles. The van der Waals surface area contributed by atoms with Crippen LogP contribution < -0.4 is 11.1 Å². The van der Waals surface area contributed by atoms with Crippen LogP contribution in [0.3, 0.4) is 0 Å². The van der Waals surface area contributed by atoms with Gasteiger partial charge in [-0.2, -0.15) is 0 Å². The van der Waals surface area contributed by atoms with Crippen molar-refractivity contribution >= 4 is 44.9 Å². The quantitative estimate of drug-likeness (QED) is 0.832. The molecule has 4 nitrogen and oxygen atoms in total. The standard InChI is InChI=1S/C14H12BrN3OS/c15-11-2-1-7-17-14(11)18-12(19)8-9-3-5-10(6-4-9)13(16)20/h1-7H,8H2,(H2,16,20)(H,17,18,19). The van der Waals surface area contributed by atoms with E-state index in [1.165, 1.54) is 0 Å². The van der Waals surface area contributed by atoms with Crippen molar-refractivity contribution in [2.24, 2.45) is 5.73 Å². The van der Waals surface area contributed by atoms with E-state index in [0.29, 0.717) is 10.8 Å². The highest BCUT2D eigenvalue weighted by Gasteiger charge is 2.07. The zero-order valence-corrected chi connectivity index (χ0v) is 12.9. The summed E-state index contributed by atoms with van der Waals surface area (Å²) in [7, 11) is 0. The van der Waals surface area contributed by atoms with Crippen molar-refractivity contribution in [1.82, 2.24) is 4.98 Å². The van der Waals surface area contributed by atoms with Crippen molar-refractivity contribution in [2.75, 3.05) is 5.32 Å². The number of nitrogens with two attached hydrogens (primary N) is 1. The zero-order chi connectivity index (χ0) is 14.5. The van der Waals surface area contributed by atoms with E-state index in [9.17, 15) is 4.79 Å². The molecule has 1 heterocycles. The number of anilines is 1. The van der Waals surface area contributed by atoms with E-state index in [1.807, 2.05) is 30.3 Å². The fourth-order valence-corrected chi connectivity index (χ4v) is 2.12. The highest BCUT2D eigenvalue weighted by atomic mass is 79.9. The molecular weight excluding hydrogens is 338 g/mol. The Hall–Kier alpha value is -1.79. The smallest absolute Gasteiger partial charge is 0.229 e. The summed E-state index contributed by atoms with van der Waals surface area (Å²) >= 11 is 8.21. The lowest BCUT2D eigenvalue weighted by atomic mass is 10.1. The molecule has 0 bridgehead atoms. The Morgan fingerprint density at radius 3 is 2.60 bits per heavy atom. The molecule has 0 spiro atoms. The van der Waals surface area contributed by atoms with Crippen LogP contribution in [0.15, 0.2) is 47.1 Å². The monoisotopic (exact) mass is 349 g/mol. The minimum Gasteiger partial charge on any atom is -0.389 e. The average molecular weight is 350 g/mol. The molecule has 3 N–H and O–H groups in total. The summed E-state index contributed by atoms with van der Waals surface area (Å²) < 4.78 is 0.747. The highest BCUT2D eigenvalue weighted by Crippen LogP contribution is 2.18. The lowest BCUT2D eigenvalue weighted by molar-refractivity contribution is -0.115. The molecule has 1 aromatic heterocycles. The second kappa shape index (κ2) is 6.58. The molecule has 6 heteroatoms. The number of hydrogen-bond donors (Lipinski definition) is 2. The Kier molecular flexibility index (Phi) is 4.81. The summed E-state index contributed by atoms with van der Waals surface area (Å²) in [5, 5.41) is 2.75. The van der Waals surface area contributed by atoms with Crippen LogP contribution in [0.2, 0.25) is 0 Å². The molecule has 2 aromatic rings. The van der Waals surface area contributed by atoms with Gasteiger partial charge in [0.1, 0.15) is 10.8 Å². The van der Waals surface area contributed by atoms with Gasteiger partial charge in [-0.1, -0.05) is 36.5 Å². The van der Waals surface area contributed by atoms with Gasteiger partial charge in [0, 0.05) is 11.8 Å². The van der Waals surface area contributed by atoms with Crippen molar-refractivity contribution in [3.63, 3.8) is 0 Å². The first kappa shape index (κ1) is 14.6. The number of carbonyl (C=O) groups is 1. The minimum atomic E-state index is -0.132. The van der Waals surface area contributed by atoms with E-state index in [-0.39, 0.29) is 12.3 Å². The second-order valence-corrected chi connectivity index (χ2v) is 5.41. The van der Waals surface area contributed by atoms with Crippen molar-refractivity contribution in [2.45, 2.75) is 6.42 Å². The molecule has 0 fully saturated rings. The van der Waals surface area contributed by atoms with Gasteiger partial charge in [-0.3, -0.25) is 4.79 Å². The van der Waals surface area contributed by atoms with Gasteiger partial charge in [-0.05, 0) is 33.6 Å². The van der Waals surface area contributed by atoms with Crippen LogP contribution in [-0.2, 0) is 11.2 Å². The number of halogens is 1. The average Bonchev–Trinajstić information content (AvgIpc) is 2.42. The lowest BCUT2D eigenvalue weighted by Gasteiger charge is -2.06. The normalized spacial score (nSPS) is 10.1. The third kappa shape index (κ3) is 3.85. The molecule has 1 amide bonds. The SMILES string of the molecule is NC(=S)c1ccc(CC(=O)Nc2ncccc2Br)cc1. The molecule has 0 atom stereocenters. The molecule has 20 heavy (non-hydrogen) atoms. The number of amides is 1. The van der Waals surface area contributed by atoms with Gasteiger partial charge in [-0.15, -0.1) is 0 Å². The Labute approximate surface area is 130 Å². The van der Waals surface area contributed by atoms with Crippen LogP contribution in [0.1, 0.15) is 11.1 Å². The molecule has 0 radical (unpaired) electrons. The Morgan fingerprint density at radius 1 is 1.30 bits per heavy atom. The number of hydrogen-bond acceptors (Lipinski definition) is 3. The van der Waals surface area contributed by atoms with Crippen LogP contribution in [-0.4, -0.2) is 15.9 Å². The van der Waals surface area contributed by atoms with Gasteiger partial charge < -0.3 is 11.1 Å². The molecule has 102 valence electrons. The van der Waals surface area contributed by atoms with Crippen LogP contribution in [0.4, 0.5) is 5.82 Å². The Bertz CT molecular complexity index is 643. The fraction of sp³-hybridized carbons (Fsp3) is 0.0714. The van der Waals surface area contributed by atoms with Crippen molar-refractivity contribution in [3.05, 3.63) is 58.2 Å². The van der Waals surface area contributed by atoms with Gasteiger partial charge in [0.15, 0.2) is 0 Å². The maximum absolute atomic E-state index is 11.9. The van der Waals surface area contributed by atoms with Gasteiger partial charge in [0.2, 0.25) is 5.91 Å². The summed E-state index contributed by atoms with van der Waals surface area (Å²) in [6.07, 6.45) is 1.89. The molecule has 2 rings (SSSR count). The van der Waals surface area contributed by atoms with E-state index in [4.69, 9.17) is 18.0 Å². The van der Waals surface area contributed by atoms with Gasteiger partial charge >= 0.3 is 0 Å². The fourth-order valence-electron chi connectivity index (χ4n) is 1.63. The Balaban J connectivity index is 2.01. The summed E-state index contributed by atoms with van der Waals surface area (Å²) in [6.45, 7) is 0. The Morgan fingerprint density at radius 2 is 2.00 bits per heavy atom. The number of nitrogens with zero attached hydrogens (tertiary/aromatic N) is 1. The summed E-state index contributed by atoms with van der Waals surface area (Å²) in [4.78, 5) is 16.4. The maximum Gasteiger partial charge on any atom is 0.229 e. The zero-order valence-electron chi connectivity index (χ0n) is 10.5. The van der Waals surface area contributed by atoms with Crippen LogP contribution in [0.25, 0.3) is 0 Å². The van der Waals surface area contributed by atoms with E-state index in [0.717, 1.165) is 15.6 Å². The van der Waals surface area contributed by atoms with E-state index in [2.05, 4.69) is 26.2 Å².